The smallest absolute Gasteiger partial charge is 0.385 e. The zero-order valence-corrected chi connectivity index (χ0v) is 12.3. The monoisotopic (exact) mass is 298 g/mol. The van der Waals surface area contributed by atoms with E-state index in [9.17, 15) is 13.2 Å². The molecule has 0 amide bonds. The van der Waals surface area contributed by atoms with E-state index >= 15 is 0 Å². The molecule has 1 N–H and O–H groups in total. The summed E-state index contributed by atoms with van der Waals surface area (Å²) in [6.45, 7) is 2.66. The molecular formula is C16H21F3N2. The Kier molecular flexibility index (Phi) is 7.07. The molecule has 0 unspecified atom stereocenters. The van der Waals surface area contributed by atoms with Crippen LogP contribution >= 0.6 is 0 Å². The number of nitriles is 1. The predicted octanol–water partition coefficient (Wildman–Crippen LogP) is 5.35. The lowest BCUT2D eigenvalue weighted by atomic mass is 10.1. The van der Waals surface area contributed by atoms with Crippen molar-refractivity contribution >= 4 is 5.69 Å². The zero-order valence-electron chi connectivity index (χ0n) is 12.3. The van der Waals surface area contributed by atoms with E-state index in [1.807, 2.05) is 0 Å². The molecule has 0 spiro atoms. The summed E-state index contributed by atoms with van der Waals surface area (Å²) in [7, 11) is 0. The first-order valence-electron chi connectivity index (χ1n) is 7.34. The van der Waals surface area contributed by atoms with Gasteiger partial charge in [0.05, 0.1) is 17.2 Å². The van der Waals surface area contributed by atoms with Crippen molar-refractivity contribution in [3.05, 3.63) is 29.3 Å². The quantitative estimate of drug-likeness (QED) is 0.657. The third-order valence-electron chi connectivity index (χ3n) is 3.30. The minimum Gasteiger partial charge on any atom is -0.385 e. The first kappa shape index (κ1) is 17.4. The number of nitrogens with one attached hydrogen (secondary N) is 1. The predicted molar refractivity (Wildman–Crippen MR) is 78.0 cm³/mol. The highest BCUT2D eigenvalue weighted by Gasteiger charge is 2.33. The number of nitrogens with zero attached hydrogens (tertiary/aromatic N) is 1. The Balaban J connectivity index is 2.53. The van der Waals surface area contributed by atoms with Crippen LogP contribution in [0.1, 0.15) is 56.6 Å². The van der Waals surface area contributed by atoms with Gasteiger partial charge < -0.3 is 5.32 Å². The highest BCUT2D eigenvalue weighted by atomic mass is 19.4. The SMILES string of the molecule is CCCCCCCCNc1ccc(C#N)cc1C(F)(F)F. The molecule has 0 fully saturated rings. The molecule has 0 atom stereocenters. The van der Waals surface area contributed by atoms with Crippen LogP contribution in [0, 0.1) is 11.3 Å². The summed E-state index contributed by atoms with van der Waals surface area (Å²) in [5.74, 6) is 0. The van der Waals surface area contributed by atoms with Crippen LogP contribution in [0.3, 0.4) is 0 Å². The van der Waals surface area contributed by atoms with Crippen LogP contribution in [0.4, 0.5) is 18.9 Å². The van der Waals surface area contributed by atoms with Crippen LogP contribution in [0.2, 0.25) is 0 Å². The van der Waals surface area contributed by atoms with Gasteiger partial charge in [0, 0.05) is 12.2 Å². The normalized spacial score (nSPS) is 11.2. The number of unbranched alkanes of at least 4 members (excludes halogenated alkanes) is 5. The van der Waals surface area contributed by atoms with E-state index in [2.05, 4.69) is 12.2 Å². The second-order valence-corrected chi connectivity index (χ2v) is 5.06. The van der Waals surface area contributed by atoms with Crippen molar-refractivity contribution < 1.29 is 13.2 Å². The van der Waals surface area contributed by atoms with E-state index in [1.165, 1.54) is 31.4 Å². The lowest BCUT2D eigenvalue weighted by Crippen LogP contribution is -2.12. The maximum absolute atomic E-state index is 12.9. The average Bonchev–Trinajstić information content (AvgIpc) is 2.45. The average molecular weight is 298 g/mol. The molecule has 21 heavy (non-hydrogen) atoms. The molecule has 1 aromatic rings. The largest absolute Gasteiger partial charge is 0.418 e. The fourth-order valence-electron chi connectivity index (χ4n) is 2.13. The first-order chi connectivity index (χ1) is 9.99. The third kappa shape index (κ3) is 6.07. The van der Waals surface area contributed by atoms with Gasteiger partial charge in [0.25, 0.3) is 0 Å². The summed E-state index contributed by atoms with van der Waals surface area (Å²) in [5, 5.41) is 11.5. The van der Waals surface area contributed by atoms with Crippen molar-refractivity contribution in [3.8, 4) is 6.07 Å². The Hall–Kier alpha value is -1.70. The summed E-state index contributed by atoms with van der Waals surface area (Å²) in [6.07, 6.45) is 2.11. The maximum atomic E-state index is 12.9. The molecule has 5 heteroatoms. The minimum atomic E-state index is -4.45. The second-order valence-electron chi connectivity index (χ2n) is 5.06. The molecule has 0 heterocycles. The van der Waals surface area contributed by atoms with E-state index < -0.39 is 11.7 Å². The van der Waals surface area contributed by atoms with E-state index in [-0.39, 0.29) is 11.3 Å². The van der Waals surface area contributed by atoms with E-state index in [0.29, 0.717) is 6.54 Å². The number of alkyl halides is 3. The van der Waals surface area contributed by atoms with Crippen LogP contribution in [-0.2, 0) is 6.18 Å². The highest BCUT2D eigenvalue weighted by molar-refractivity contribution is 5.56. The van der Waals surface area contributed by atoms with Crippen LogP contribution in [0.5, 0.6) is 0 Å². The van der Waals surface area contributed by atoms with Gasteiger partial charge in [-0.25, -0.2) is 0 Å². The fourth-order valence-corrected chi connectivity index (χ4v) is 2.13. The van der Waals surface area contributed by atoms with Crippen molar-refractivity contribution in [3.63, 3.8) is 0 Å². The molecule has 1 rings (SSSR count). The van der Waals surface area contributed by atoms with Crippen molar-refractivity contribution in [2.45, 2.75) is 51.6 Å². The number of anilines is 1. The van der Waals surface area contributed by atoms with E-state index in [4.69, 9.17) is 5.26 Å². The third-order valence-corrected chi connectivity index (χ3v) is 3.30. The Labute approximate surface area is 124 Å². The molecule has 1 aromatic carbocycles. The maximum Gasteiger partial charge on any atom is 0.418 e. The number of rotatable bonds is 8. The lowest BCUT2D eigenvalue weighted by molar-refractivity contribution is -0.137. The molecule has 0 saturated heterocycles. The Morgan fingerprint density at radius 1 is 1.10 bits per heavy atom. The molecule has 0 bridgehead atoms. The van der Waals surface area contributed by atoms with Gasteiger partial charge >= 0.3 is 6.18 Å². The summed E-state index contributed by atoms with van der Waals surface area (Å²) < 4.78 is 38.8. The van der Waals surface area contributed by atoms with Gasteiger partial charge in [-0.3, -0.25) is 0 Å². The minimum absolute atomic E-state index is 0.0208. The highest BCUT2D eigenvalue weighted by Crippen LogP contribution is 2.35. The van der Waals surface area contributed by atoms with Gasteiger partial charge in [-0.05, 0) is 24.6 Å². The van der Waals surface area contributed by atoms with Crippen LogP contribution in [-0.4, -0.2) is 6.54 Å². The summed E-state index contributed by atoms with van der Waals surface area (Å²) >= 11 is 0. The molecule has 0 aliphatic carbocycles. The second kappa shape index (κ2) is 8.56. The van der Waals surface area contributed by atoms with E-state index in [1.54, 1.807) is 6.07 Å². The molecule has 0 aromatic heterocycles. The topological polar surface area (TPSA) is 35.8 Å². The van der Waals surface area contributed by atoms with Gasteiger partial charge in [0.15, 0.2) is 0 Å². The van der Waals surface area contributed by atoms with Crippen molar-refractivity contribution in [2.24, 2.45) is 0 Å². The number of halogens is 3. The van der Waals surface area contributed by atoms with E-state index in [0.717, 1.165) is 25.3 Å². The summed E-state index contributed by atoms with van der Waals surface area (Å²) in [4.78, 5) is 0. The number of hydrogen-bond donors (Lipinski definition) is 1. The van der Waals surface area contributed by atoms with Crippen LogP contribution < -0.4 is 5.32 Å². The van der Waals surface area contributed by atoms with Crippen LogP contribution in [0.15, 0.2) is 18.2 Å². The molecule has 0 aliphatic heterocycles. The molecule has 0 saturated carbocycles. The standard InChI is InChI=1S/C16H21F3N2/c1-2-3-4-5-6-7-10-21-15-9-8-13(12-20)11-14(15)16(17,18)19/h8-9,11,21H,2-7,10H2,1H3. The van der Waals surface area contributed by atoms with Gasteiger partial charge in [-0.15, -0.1) is 0 Å². The summed E-state index contributed by atoms with van der Waals surface area (Å²) in [6, 6.07) is 5.36. The van der Waals surface area contributed by atoms with Gasteiger partial charge in [0.2, 0.25) is 0 Å². The Bertz CT molecular complexity index is 475. The fraction of sp³-hybridized carbons (Fsp3) is 0.562. The van der Waals surface area contributed by atoms with Gasteiger partial charge in [-0.1, -0.05) is 39.0 Å². The van der Waals surface area contributed by atoms with Crippen LogP contribution in [0.25, 0.3) is 0 Å². The first-order valence-corrected chi connectivity index (χ1v) is 7.34. The molecule has 2 nitrogen and oxygen atoms in total. The Morgan fingerprint density at radius 2 is 1.76 bits per heavy atom. The van der Waals surface area contributed by atoms with Gasteiger partial charge in [-0.2, -0.15) is 18.4 Å². The Morgan fingerprint density at radius 3 is 2.38 bits per heavy atom. The molecule has 0 aliphatic rings. The lowest BCUT2D eigenvalue weighted by Gasteiger charge is -2.14. The van der Waals surface area contributed by atoms with Crippen molar-refractivity contribution in [2.75, 3.05) is 11.9 Å². The van der Waals surface area contributed by atoms with Gasteiger partial charge in [0.1, 0.15) is 0 Å². The number of benzene rings is 1. The molecule has 0 radical (unpaired) electrons. The number of hydrogen-bond acceptors (Lipinski definition) is 2. The zero-order chi connectivity index (χ0) is 15.7. The molecule has 116 valence electrons. The van der Waals surface area contributed by atoms with Crippen molar-refractivity contribution in [1.82, 2.24) is 0 Å². The van der Waals surface area contributed by atoms with Crippen molar-refractivity contribution in [1.29, 1.82) is 5.26 Å². The molecular weight excluding hydrogens is 277 g/mol. The summed E-state index contributed by atoms with van der Waals surface area (Å²) in [5.41, 5.74) is -0.699.